The van der Waals surface area contributed by atoms with Crippen LogP contribution in [0.5, 0.6) is 5.75 Å². The van der Waals surface area contributed by atoms with Crippen molar-refractivity contribution in [2.75, 3.05) is 17.2 Å². The molecule has 1 aliphatic heterocycles. The highest BCUT2D eigenvalue weighted by atomic mass is 32.2. The van der Waals surface area contributed by atoms with Crippen molar-refractivity contribution in [1.29, 1.82) is 0 Å². The maximum Gasteiger partial charge on any atom is 0.573 e. The Hall–Kier alpha value is -4.65. The number of amidine groups is 1. The number of anilines is 1. The fourth-order valence-electron chi connectivity index (χ4n) is 4.86. The zero-order valence-electron chi connectivity index (χ0n) is 24.8. The first-order valence-electron chi connectivity index (χ1n) is 14.2. The third-order valence-electron chi connectivity index (χ3n) is 7.02. The van der Waals surface area contributed by atoms with Gasteiger partial charge < -0.3 is 10.1 Å². The number of aromatic nitrogens is 3. The molecule has 0 aliphatic carbocycles. The van der Waals surface area contributed by atoms with Gasteiger partial charge in [-0.15, -0.1) is 18.3 Å². The minimum Gasteiger partial charge on any atom is -0.406 e. The number of amides is 3. The largest absolute Gasteiger partial charge is 0.573 e. The number of urea groups is 1. The number of hydrogen-bond donors (Lipinski definition) is 1. The minimum atomic E-state index is -4.76. The van der Waals surface area contributed by atoms with Crippen molar-refractivity contribution in [3.63, 3.8) is 0 Å². The highest BCUT2D eigenvalue weighted by molar-refractivity contribution is 8.15. The molecule has 3 aromatic carbocycles. The molecule has 1 aliphatic rings. The summed E-state index contributed by atoms with van der Waals surface area (Å²) in [6.07, 6.45) is -1.85. The van der Waals surface area contributed by atoms with Gasteiger partial charge in [0.05, 0.1) is 17.1 Å². The number of carbonyl (C=O) groups is 2. The van der Waals surface area contributed by atoms with E-state index in [-0.39, 0.29) is 22.8 Å². The van der Waals surface area contributed by atoms with Gasteiger partial charge in [-0.25, -0.2) is 14.5 Å². The molecule has 0 spiro atoms. The maximum atomic E-state index is 12.8. The Balaban J connectivity index is 1.18. The molecule has 4 aromatic rings. The van der Waals surface area contributed by atoms with E-state index in [9.17, 15) is 22.8 Å². The van der Waals surface area contributed by atoms with Gasteiger partial charge >= 0.3 is 12.4 Å². The Bertz CT molecular complexity index is 1700. The molecule has 5 rings (SSSR count). The van der Waals surface area contributed by atoms with E-state index in [1.807, 2.05) is 69.3 Å². The van der Waals surface area contributed by atoms with Gasteiger partial charge in [0.1, 0.15) is 12.1 Å². The number of ether oxygens (including phenoxy) is 1. The van der Waals surface area contributed by atoms with E-state index in [4.69, 9.17) is 0 Å². The molecule has 45 heavy (non-hydrogen) atoms. The number of rotatable bonds is 9. The van der Waals surface area contributed by atoms with Crippen molar-refractivity contribution < 1.29 is 27.5 Å². The second-order valence-electron chi connectivity index (χ2n) is 11.1. The first-order valence-corrected chi connectivity index (χ1v) is 15.2. The molecule has 1 N–H and O–H groups in total. The fraction of sp³-hybridized carbons (Fsp3) is 0.281. The summed E-state index contributed by atoms with van der Waals surface area (Å²) in [5.74, 6) is 0.269. The predicted molar refractivity (Wildman–Crippen MR) is 168 cm³/mol. The van der Waals surface area contributed by atoms with E-state index in [0.717, 1.165) is 28.8 Å². The highest BCUT2D eigenvalue weighted by Crippen LogP contribution is 2.30. The summed E-state index contributed by atoms with van der Waals surface area (Å²) in [6, 6.07) is 20.2. The number of alkyl halides is 3. The third kappa shape index (κ3) is 8.09. The van der Waals surface area contributed by atoms with Crippen LogP contribution < -0.4 is 15.0 Å². The molecule has 0 unspecified atom stereocenters. The first-order chi connectivity index (χ1) is 21.4. The summed E-state index contributed by atoms with van der Waals surface area (Å²) < 4.78 is 42.6. The van der Waals surface area contributed by atoms with Crippen LogP contribution in [0.4, 0.5) is 23.7 Å². The normalized spacial score (nSPS) is 14.7. The Morgan fingerprint density at radius 3 is 2.44 bits per heavy atom. The molecule has 2 heterocycles. The van der Waals surface area contributed by atoms with Gasteiger partial charge in [-0.1, -0.05) is 75.0 Å². The van der Waals surface area contributed by atoms with Crippen LogP contribution in [-0.4, -0.2) is 50.5 Å². The quantitative estimate of drug-likeness (QED) is 0.217. The van der Waals surface area contributed by atoms with E-state index >= 15 is 0 Å². The van der Waals surface area contributed by atoms with Crippen molar-refractivity contribution in [3.05, 3.63) is 90.3 Å². The molecule has 1 fully saturated rings. The van der Waals surface area contributed by atoms with Crippen molar-refractivity contribution in [2.24, 2.45) is 10.4 Å². The van der Waals surface area contributed by atoms with Gasteiger partial charge in [-0.2, -0.15) is 4.99 Å². The zero-order chi connectivity index (χ0) is 32.2. The van der Waals surface area contributed by atoms with Gasteiger partial charge in [0.2, 0.25) is 5.91 Å². The van der Waals surface area contributed by atoms with Gasteiger partial charge in [0.25, 0.3) is 0 Å². The summed E-state index contributed by atoms with van der Waals surface area (Å²) in [7, 11) is 0. The van der Waals surface area contributed by atoms with Crippen molar-refractivity contribution in [1.82, 2.24) is 20.1 Å². The monoisotopic (exact) mass is 636 g/mol. The summed E-state index contributed by atoms with van der Waals surface area (Å²) in [5, 5.41) is 7.71. The smallest absolute Gasteiger partial charge is 0.406 e. The number of nitrogens with one attached hydrogen (secondary N) is 1. The molecule has 0 bridgehead atoms. The van der Waals surface area contributed by atoms with Gasteiger partial charge in [0.15, 0.2) is 11.0 Å². The summed E-state index contributed by atoms with van der Waals surface area (Å²) in [4.78, 5) is 35.5. The molecule has 0 radical (unpaired) electrons. The van der Waals surface area contributed by atoms with Crippen LogP contribution in [0, 0.1) is 5.41 Å². The van der Waals surface area contributed by atoms with E-state index in [1.54, 1.807) is 0 Å². The molecule has 3 amide bonds. The summed E-state index contributed by atoms with van der Waals surface area (Å²) in [6.45, 7) is 6.47. The second-order valence-corrected chi connectivity index (χ2v) is 12.1. The van der Waals surface area contributed by atoms with Crippen molar-refractivity contribution in [2.45, 2.75) is 40.0 Å². The molecular weight excluding hydrogens is 605 g/mol. The lowest BCUT2D eigenvalue weighted by Crippen LogP contribution is -2.36. The first kappa shape index (κ1) is 31.8. The molecule has 234 valence electrons. The van der Waals surface area contributed by atoms with E-state index in [0.29, 0.717) is 29.6 Å². The molecular formula is C32H31F3N6O3S. The lowest BCUT2D eigenvalue weighted by molar-refractivity contribution is -0.274. The maximum absolute atomic E-state index is 12.8. The van der Waals surface area contributed by atoms with Gasteiger partial charge in [0, 0.05) is 12.1 Å². The number of carbonyl (C=O) groups excluding carboxylic acids is 2. The van der Waals surface area contributed by atoms with Crippen LogP contribution in [0.25, 0.3) is 17.1 Å². The van der Waals surface area contributed by atoms with Crippen LogP contribution in [0.2, 0.25) is 0 Å². The Morgan fingerprint density at radius 2 is 1.76 bits per heavy atom. The second kappa shape index (κ2) is 13.1. The van der Waals surface area contributed by atoms with E-state index in [1.165, 1.54) is 51.9 Å². The lowest BCUT2D eigenvalue weighted by atomic mass is 9.85. The molecule has 13 heteroatoms. The number of para-hydroxylation sites is 1. The highest BCUT2D eigenvalue weighted by Gasteiger charge is 2.32. The number of hydrogen-bond acceptors (Lipinski definition) is 6. The molecule has 1 aromatic heterocycles. The van der Waals surface area contributed by atoms with Crippen LogP contribution in [-0.2, 0) is 17.6 Å². The standard InChI is InChI=1S/C32H31F3N6O3S/c1-4-22-7-5-6-8-26(22)41-27(42)18-45-30(41)38-29(43)36-19-31(2,3)17-21-9-11-23(12-10-21)28-37-20-40(39-28)24-13-15-25(16-14-24)44-32(33,34)35/h5-16,20H,4,17-19H2,1-3H3,(H,36,43)/b38-30-. The number of nitrogens with zero attached hydrogens (tertiary/aromatic N) is 5. The average Bonchev–Trinajstić information content (AvgIpc) is 3.63. The van der Waals surface area contributed by atoms with Gasteiger partial charge in [-0.05, 0) is 59.7 Å². The number of halogens is 3. The minimum absolute atomic E-state index is 0.105. The third-order valence-corrected chi connectivity index (χ3v) is 7.94. The summed E-state index contributed by atoms with van der Waals surface area (Å²) >= 11 is 1.25. The molecule has 0 atom stereocenters. The number of aryl methyl sites for hydroxylation is 1. The summed E-state index contributed by atoms with van der Waals surface area (Å²) in [5.41, 5.74) is 3.81. The Morgan fingerprint density at radius 1 is 1.04 bits per heavy atom. The molecule has 1 saturated heterocycles. The number of thioether (sulfide) groups is 1. The Kier molecular flexibility index (Phi) is 9.28. The average molecular weight is 637 g/mol. The van der Waals surface area contributed by atoms with Crippen molar-refractivity contribution in [3.8, 4) is 22.8 Å². The van der Waals surface area contributed by atoms with Crippen LogP contribution in [0.3, 0.4) is 0 Å². The molecule has 9 nitrogen and oxygen atoms in total. The number of aliphatic imine (C=N–C) groups is 1. The lowest BCUT2D eigenvalue weighted by Gasteiger charge is -2.25. The predicted octanol–water partition coefficient (Wildman–Crippen LogP) is 6.81. The van der Waals surface area contributed by atoms with Crippen molar-refractivity contribution >= 4 is 34.6 Å². The SMILES string of the molecule is CCc1ccccc1N1C(=O)CS/C1=N\C(=O)NCC(C)(C)Cc1ccc(-c2ncn(-c3ccc(OC(F)(F)F)cc3)n2)cc1. The van der Waals surface area contributed by atoms with Crippen LogP contribution in [0.15, 0.2) is 84.1 Å². The molecule has 0 saturated carbocycles. The fourth-order valence-corrected chi connectivity index (χ4v) is 5.72. The number of benzene rings is 3. The topological polar surface area (TPSA) is 102 Å². The van der Waals surface area contributed by atoms with Gasteiger partial charge in [-0.3, -0.25) is 9.69 Å². The van der Waals surface area contributed by atoms with Crippen LogP contribution in [0.1, 0.15) is 31.9 Å². The van der Waals surface area contributed by atoms with E-state index < -0.39 is 12.4 Å². The Labute approximate surface area is 262 Å². The zero-order valence-corrected chi connectivity index (χ0v) is 25.7. The van der Waals surface area contributed by atoms with E-state index in [2.05, 4.69) is 25.1 Å². The van der Waals surface area contributed by atoms with Crippen LogP contribution >= 0.6 is 11.8 Å².